The normalized spacial score (nSPS) is 16.0. The van der Waals surface area contributed by atoms with Crippen molar-refractivity contribution in [3.63, 3.8) is 0 Å². The molecule has 1 N–H and O–H groups in total. The molecule has 0 spiro atoms. The summed E-state index contributed by atoms with van der Waals surface area (Å²) in [4.78, 5) is 17.8. The second-order valence-electron chi connectivity index (χ2n) is 7.32. The zero-order valence-electron chi connectivity index (χ0n) is 17.1. The number of hydrogen-bond acceptors (Lipinski definition) is 5. The maximum atomic E-state index is 13.1. The first kappa shape index (κ1) is 19.1. The van der Waals surface area contributed by atoms with Gasteiger partial charge in [-0.3, -0.25) is 4.57 Å². The van der Waals surface area contributed by atoms with E-state index < -0.39 is 0 Å². The fraction of sp³-hybridized carbons (Fsp3) is 0.304. The Bertz CT molecular complexity index is 1100. The van der Waals surface area contributed by atoms with Crippen molar-refractivity contribution in [2.75, 3.05) is 11.9 Å². The average Bonchev–Trinajstić information content (AvgIpc) is 3.04. The van der Waals surface area contributed by atoms with E-state index in [1.165, 1.54) is 0 Å². The number of fused-ring (bicyclic) bond motifs is 3. The van der Waals surface area contributed by atoms with Crippen LogP contribution < -0.4 is 10.1 Å². The Balaban J connectivity index is 1.93. The molecule has 6 heteroatoms. The molecule has 1 atom stereocenters. The van der Waals surface area contributed by atoms with Gasteiger partial charge in [0.1, 0.15) is 5.75 Å². The molecule has 2 heterocycles. The summed E-state index contributed by atoms with van der Waals surface area (Å²) in [5.74, 6) is 1.14. The molecule has 29 heavy (non-hydrogen) atoms. The van der Waals surface area contributed by atoms with Crippen molar-refractivity contribution in [1.82, 2.24) is 9.55 Å². The zero-order chi connectivity index (χ0) is 20.5. The maximum absolute atomic E-state index is 13.1. The highest BCUT2D eigenvalue weighted by Gasteiger charge is 2.35. The minimum Gasteiger partial charge on any atom is -0.494 e. The number of hydrogen-bond donors (Lipinski definition) is 1. The van der Waals surface area contributed by atoms with Crippen LogP contribution in [0.4, 0.5) is 5.95 Å². The van der Waals surface area contributed by atoms with Crippen molar-refractivity contribution in [3.05, 3.63) is 65.4 Å². The van der Waals surface area contributed by atoms with Gasteiger partial charge >= 0.3 is 5.97 Å². The van der Waals surface area contributed by atoms with Crippen molar-refractivity contribution in [1.29, 1.82) is 0 Å². The number of esters is 1. The molecular formula is C23H25N3O3. The zero-order valence-corrected chi connectivity index (χ0v) is 17.1. The van der Waals surface area contributed by atoms with E-state index in [1.807, 2.05) is 76.2 Å². The number of anilines is 1. The first-order valence-electron chi connectivity index (χ1n) is 9.88. The summed E-state index contributed by atoms with van der Waals surface area (Å²) in [7, 11) is 0. The van der Waals surface area contributed by atoms with Crippen molar-refractivity contribution in [2.45, 2.75) is 39.8 Å². The van der Waals surface area contributed by atoms with Crippen LogP contribution in [0, 0.1) is 0 Å². The lowest BCUT2D eigenvalue weighted by molar-refractivity contribution is -0.143. The molecule has 2 aromatic carbocycles. The van der Waals surface area contributed by atoms with Crippen molar-refractivity contribution >= 4 is 23.0 Å². The molecule has 0 unspecified atom stereocenters. The van der Waals surface area contributed by atoms with E-state index in [0.29, 0.717) is 18.1 Å². The molecule has 1 aromatic heterocycles. The maximum Gasteiger partial charge on any atom is 0.338 e. The van der Waals surface area contributed by atoms with E-state index >= 15 is 0 Å². The van der Waals surface area contributed by atoms with Gasteiger partial charge in [-0.25, -0.2) is 9.78 Å². The molecule has 0 fully saturated rings. The van der Waals surface area contributed by atoms with Crippen LogP contribution in [-0.2, 0) is 9.53 Å². The predicted octanol–water partition coefficient (Wildman–Crippen LogP) is 4.68. The quantitative estimate of drug-likeness (QED) is 0.640. The van der Waals surface area contributed by atoms with Gasteiger partial charge in [-0.1, -0.05) is 24.3 Å². The lowest BCUT2D eigenvalue weighted by Gasteiger charge is -2.30. The number of rotatable bonds is 5. The second-order valence-corrected chi connectivity index (χ2v) is 7.32. The molecule has 150 valence electrons. The Kier molecular flexibility index (Phi) is 5.01. The molecule has 0 bridgehead atoms. The van der Waals surface area contributed by atoms with Crippen LogP contribution in [0.1, 0.15) is 39.3 Å². The minimum atomic E-state index is -0.370. The first-order valence-corrected chi connectivity index (χ1v) is 9.88. The molecule has 0 aliphatic carbocycles. The van der Waals surface area contributed by atoms with Gasteiger partial charge in [-0.05, 0) is 57.5 Å². The van der Waals surface area contributed by atoms with Gasteiger partial charge in [0, 0.05) is 5.70 Å². The highest BCUT2D eigenvalue weighted by Crippen LogP contribution is 2.40. The molecule has 0 radical (unpaired) electrons. The number of benzene rings is 2. The van der Waals surface area contributed by atoms with Crippen molar-refractivity contribution < 1.29 is 14.3 Å². The third kappa shape index (κ3) is 3.46. The Morgan fingerprint density at radius 1 is 1.21 bits per heavy atom. The van der Waals surface area contributed by atoms with Crippen molar-refractivity contribution in [2.24, 2.45) is 0 Å². The number of imidazole rings is 1. The molecular weight excluding hydrogens is 366 g/mol. The number of nitrogens with one attached hydrogen (secondary N) is 1. The fourth-order valence-electron chi connectivity index (χ4n) is 3.76. The van der Waals surface area contributed by atoms with E-state index in [9.17, 15) is 4.79 Å². The molecule has 0 saturated carbocycles. The van der Waals surface area contributed by atoms with Gasteiger partial charge in [0.25, 0.3) is 0 Å². The van der Waals surface area contributed by atoms with Gasteiger partial charge in [0.05, 0.1) is 35.4 Å². The minimum absolute atomic E-state index is 0.209. The van der Waals surface area contributed by atoms with E-state index in [-0.39, 0.29) is 18.1 Å². The summed E-state index contributed by atoms with van der Waals surface area (Å²) in [5.41, 5.74) is 4.07. The molecule has 1 aliphatic rings. The lowest BCUT2D eigenvalue weighted by Crippen LogP contribution is -2.30. The Labute approximate surface area is 170 Å². The first-order chi connectivity index (χ1) is 14.0. The average molecular weight is 391 g/mol. The Hall–Kier alpha value is -3.28. The highest BCUT2D eigenvalue weighted by molar-refractivity contribution is 5.94. The van der Waals surface area contributed by atoms with E-state index in [1.54, 1.807) is 0 Å². The number of carbonyl (C=O) groups excluding carboxylic acids is 1. The summed E-state index contributed by atoms with van der Waals surface area (Å²) in [6, 6.07) is 15.4. The number of nitrogens with zero attached hydrogens (tertiary/aromatic N) is 2. The van der Waals surface area contributed by atoms with Gasteiger partial charge in [-0.15, -0.1) is 0 Å². The third-order valence-corrected chi connectivity index (χ3v) is 4.88. The second kappa shape index (κ2) is 7.62. The van der Waals surface area contributed by atoms with Crippen LogP contribution >= 0.6 is 0 Å². The Morgan fingerprint density at radius 2 is 2.00 bits per heavy atom. The topological polar surface area (TPSA) is 65.4 Å². The standard InChI is InChI=1S/C23H25N3O3/c1-5-28-17-10-8-9-16(13-17)21-20(22(27)29-14(2)3)15(4)24-23-25-18-11-6-7-12-19(18)26(21)23/h6-14,21H,5H2,1-4H3,(H,24,25)/t21-/m1/s1. The number of ether oxygens (including phenoxy) is 2. The molecule has 1 aliphatic heterocycles. The SMILES string of the molecule is CCOc1cccc([C@@H]2C(C(=O)OC(C)C)=C(C)Nc3nc4ccccc4n32)c1. The van der Waals surface area contributed by atoms with Gasteiger partial charge < -0.3 is 14.8 Å². The molecule has 0 saturated heterocycles. The summed E-state index contributed by atoms with van der Waals surface area (Å²) in [6.45, 7) is 8.12. The number of carbonyl (C=O) groups is 1. The number of allylic oxidation sites excluding steroid dienone is 1. The predicted molar refractivity (Wildman–Crippen MR) is 113 cm³/mol. The molecule has 0 amide bonds. The molecule has 3 aromatic rings. The largest absolute Gasteiger partial charge is 0.494 e. The molecule has 6 nitrogen and oxygen atoms in total. The van der Waals surface area contributed by atoms with Gasteiger partial charge in [0.2, 0.25) is 5.95 Å². The third-order valence-electron chi connectivity index (χ3n) is 4.88. The monoisotopic (exact) mass is 391 g/mol. The summed E-state index contributed by atoms with van der Waals surface area (Å²) in [5, 5.41) is 3.29. The van der Waals surface area contributed by atoms with E-state index in [0.717, 1.165) is 28.0 Å². The van der Waals surface area contributed by atoms with E-state index in [4.69, 9.17) is 14.5 Å². The van der Waals surface area contributed by atoms with Crippen LogP contribution in [0.25, 0.3) is 11.0 Å². The van der Waals surface area contributed by atoms with E-state index in [2.05, 4.69) is 9.88 Å². The lowest BCUT2D eigenvalue weighted by atomic mass is 9.95. The number of aromatic nitrogens is 2. The van der Waals surface area contributed by atoms with Crippen molar-refractivity contribution in [3.8, 4) is 5.75 Å². The van der Waals surface area contributed by atoms with Crippen LogP contribution in [0.15, 0.2) is 59.8 Å². The van der Waals surface area contributed by atoms with Gasteiger partial charge in [0.15, 0.2) is 0 Å². The fourth-order valence-corrected chi connectivity index (χ4v) is 3.76. The summed E-state index contributed by atoms with van der Waals surface area (Å²) >= 11 is 0. The highest BCUT2D eigenvalue weighted by atomic mass is 16.5. The van der Waals surface area contributed by atoms with Crippen LogP contribution in [0.2, 0.25) is 0 Å². The number of para-hydroxylation sites is 2. The van der Waals surface area contributed by atoms with Crippen LogP contribution in [-0.4, -0.2) is 28.2 Å². The Morgan fingerprint density at radius 3 is 2.76 bits per heavy atom. The summed E-state index contributed by atoms with van der Waals surface area (Å²) in [6.07, 6.45) is -0.209. The molecule has 4 rings (SSSR count). The van der Waals surface area contributed by atoms with Gasteiger partial charge in [-0.2, -0.15) is 0 Å². The van der Waals surface area contributed by atoms with Crippen LogP contribution in [0.5, 0.6) is 5.75 Å². The smallest absolute Gasteiger partial charge is 0.338 e. The summed E-state index contributed by atoms with van der Waals surface area (Å²) < 4.78 is 13.4. The van der Waals surface area contributed by atoms with Crippen LogP contribution in [0.3, 0.4) is 0 Å².